The minimum absolute atomic E-state index is 0.0471. The van der Waals surface area contributed by atoms with E-state index in [9.17, 15) is 4.79 Å². The number of unbranched alkanes of at least 4 members (excludes halogenated alkanes) is 3. The molecule has 1 atom stereocenters. The molecule has 1 saturated heterocycles. The first-order valence-corrected chi connectivity index (χ1v) is 21.4. The number of hydrogen-bond donors (Lipinski definition) is 1. The minimum atomic E-state index is -2.75. The third-order valence-electron chi connectivity index (χ3n) is 7.72. The van der Waals surface area contributed by atoms with Crippen LogP contribution in [0.25, 0.3) is 0 Å². The van der Waals surface area contributed by atoms with Crippen LogP contribution in [0, 0.1) is 0 Å². The van der Waals surface area contributed by atoms with Gasteiger partial charge in [-0.1, -0.05) is 0 Å². The molecule has 1 fully saturated rings. The van der Waals surface area contributed by atoms with Gasteiger partial charge >= 0.3 is 220 Å². The molecule has 0 aromatic heterocycles. The topological polar surface area (TPSA) is 50.8 Å². The van der Waals surface area contributed by atoms with Gasteiger partial charge in [-0.25, -0.2) is 0 Å². The van der Waals surface area contributed by atoms with E-state index in [1.54, 1.807) is 14.2 Å². The van der Waals surface area contributed by atoms with Gasteiger partial charge in [-0.2, -0.15) is 0 Å². The van der Waals surface area contributed by atoms with E-state index in [-0.39, 0.29) is 5.91 Å². The summed E-state index contributed by atoms with van der Waals surface area (Å²) in [6.07, 6.45) is 11.7. The average molecular weight is 593 g/mol. The molecule has 5 nitrogen and oxygen atoms in total. The van der Waals surface area contributed by atoms with Crippen LogP contribution in [0.15, 0.2) is 24.8 Å². The normalized spacial score (nSPS) is 16.3. The van der Waals surface area contributed by atoms with Crippen molar-refractivity contribution in [1.29, 1.82) is 0 Å². The zero-order chi connectivity index (χ0) is 25.7. The van der Waals surface area contributed by atoms with Gasteiger partial charge in [-0.05, 0) is 0 Å². The third kappa shape index (κ3) is 8.14. The molecule has 35 heavy (non-hydrogen) atoms. The molecule has 0 spiro atoms. The van der Waals surface area contributed by atoms with Crippen molar-refractivity contribution in [2.45, 2.75) is 91.5 Å². The molecule has 1 aromatic rings. The predicted octanol–water partition coefficient (Wildman–Crippen LogP) is 6.14. The van der Waals surface area contributed by atoms with E-state index < -0.39 is 18.4 Å². The number of nitrogens with zero attached hydrogens (tertiary/aromatic N) is 1. The summed E-state index contributed by atoms with van der Waals surface area (Å²) in [5.41, 5.74) is 0.640. The van der Waals surface area contributed by atoms with Crippen molar-refractivity contribution in [3.8, 4) is 11.5 Å². The molecule has 1 aliphatic heterocycles. The number of carbonyl (C=O) groups excluding carboxylic acids is 1. The van der Waals surface area contributed by atoms with Crippen LogP contribution in [0.5, 0.6) is 11.5 Å². The number of rotatable bonds is 17. The first-order valence-electron chi connectivity index (χ1n) is 13.9. The summed E-state index contributed by atoms with van der Waals surface area (Å²) >= 11 is -2.75. The summed E-state index contributed by atoms with van der Waals surface area (Å²) in [5, 5.41) is 3.24. The maximum atomic E-state index is 13.6. The van der Waals surface area contributed by atoms with Crippen molar-refractivity contribution < 1.29 is 14.3 Å². The average Bonchev–Trinajstić information content (AvgIpc) is 3.33. The Morgan fingerprint density at radius 2 is 1.71 bits per heavy atom. The SMILES string of the molecule is C=CCN1CCCC1CNC(=O)c1c[c]([Sn]([CH2]CCC)([CH2]CCC)[CH2]CCC)cc(OC)c1OC. The van der Waals surface area contributed by atoms with Gasteiger partial charge in [0, 0.05) is 0 Å². The molecule has 1 amide bonds. The predicted molar refractivity (Wildman–Crippen MR) is 151 cm³/mol. The van der Waals surface area contributed by atoms with Crippen LogP contribution in [-0.2, 0) is 0 Å². The van der Waals surface area contributed by atoms with Crippen LogP contribution in [0.4, 0.5) is 0 Å². The molecule has 0 bridgehead atoms. The van der Waals surface area contributed by atoms with Gasteiger partial charge in [0.1, 0.15) is 0 Å². The van der Waals surface area contributed by atoms with Gasteiger partial charge in [-0.3, -0.25) is 0 Å². The molecule has 1 unspecified atom stereocenters. The van der Waals surface area contributed by atoms with E-state index in [0.29, 0.717) is 29.6 Å². The summed E-state index contributed by atoms with van der Waals surface area (Å²) in [4.78, 5) is 16.0. The van der Waals surface area contributed by atoms with Crippen LogP contribution >= 0.6 is 0 Å². The molecular formula is C29H50N2O3Sn. The molecule has 0 aliphatic carbocycles. The Morgan fingerprint density at radius 3 is 2.23 bits per heavy atom. The fourth-order valence-electron chi connectivity index (χ4n) is 5.63. The van der Waals surface area contributed by atoms with Crippen molar-refractivity contribution in [3.05, 3.63) is 30.4 Å². The van der Waals surface area contributed by atoms with E-state index in [0.717, 1.165) is 19.5 Å². The molecule has 1 N–H and O–H groups in total. The standard InChI is InChI=1S/C17H23N2O3.3C4H9.Sn/c1-4-10-19-11-6-7-13(19)12-18-17(20)14-8-5-9-15(21-2)16(14)22-3;3*1-3-4-2;/h4,8-9,13H,1,6-7,10-12H2,2-3H3,(H,18,20);3*1,3-4H2,2H3;. The summed E-state index contributed by atoms with van der Waals surface area (Å²) in [6.45, 7) is 13.4. The molecule has 0 saturated carbocycles. The number of carbonyl (C=O) groups is 1. The third-order valence-corrected chi connectivity index (χ3v) is 23.3. The zero-order valence-corrected chi connectivity index (χ0v) is 25.9. The number of benzene rings is 1. The first-order chi connectivity index (χ1) is 17.0. The van der Waals surface area contributed by atoms with Crippen LogP contribution in [0.1, 0.15) is 82.5 Å². The molecular weight excluding hydrogens is 543 g/mol. The summed E-state index contributed by atoms with van der Waals surface area (Å²) < 4.78 is 17.0. The van der Waals surface area contributed by atoms with E-state index in [1.807, 2.05) is 6.08 Å². The summed E-state index contributed by atoms with van der Waals surface area (Å²) in [7, 11) is 3.33. The second-order valence-electron chi connectivity index (χ2n) is 10.1. The van der Waals surface area contributed by atoms with E-state index in [4.69, 9.17) is 9.47 Å². The van der Waals surface area contributed by atoms with Gasteiger partial charge in [-0.15, -0.1) is 0 Å². The van der Waals surface area contributed by atoms with Gasteiger partial charge in [0.05, 0.1) is 0 Å². The Labute approximate surface area is 218 Å². The van der Waals surface area contributed by atoms with Crippen molar-refractivity contribution >= 4 is 27.9 Å². The van der Waals surface area contributed by atoms with Gasteiger partial charge in [0.2, 0.25) is 0 Å². The van der Waals surface area contributed by atoms with Crippen molar-refractivity contribution in [2.24, 2.45) is 0 Å². The second kappa shape index (κ2) is 15.8. The Bertz CT molecular complexity index is 777. The molecule has 198 valence electrons. The number of amides is 1. The van der Waals surface area contributed by atoms with Crippen LogP contribution < -0.4 is 18.4 Å². The van der Waals surface area contributed by atoms with Gasteiger partial charge in [0.15, 0.2) is 0 Å². The molecule has 1 heterocycles. The fourth-order valence-corrected chi connectivity index (χ4v) is 21.6. The maximum absolute atomic E-state index is 13.6. The van der Waals surface area contributed by atoms with E-state index in [2.05, 4.69) is 49.7 Å². The van der Waals surface area contributed by atoms with Crippen LogP contribution in [-0.4, -0.2) is 69.1 Å². The van der Waals surface area contributed by atoms with E-state index >= 15 is 0 Å². The molecule has 1 aliphatic rings. The van der Waals surface area contributed by atoms with Crippen LogP contribution in [0.3, 0.4) is 0 Å². The van der Waals surface area contributed by atoms with Crippen molar-refractivity contribution in [3.63, 3.8) is 0 Å². The Hall–Kier alpha value is -1.21. The Balaban J connectivity index is 2.44. The fraction of sp³-hybridized carbons (Fsp3) is 0.690. The summed E-state index contributed by atoms with van der Waals surface area (Å²) in [5.74, 6) is 1.22. The zero-order valence-electron chi connectivity index (χ0n) is 23.1. The monoisotopic (exact) mass is 594 g/mol. The van der Waals surface area contributed by atoms with Crippen molar-refractivity contribution in [2.75, 3.05) is 33.9 Å². The van der Waals surface area contributed by atoms with Crippen LogP contribution in [0.2, 0.25) is 13.3 Å². The number of likely N-dealkylation sites (tertiary alicyclic amines) is 1. The molecule has 0 radical (unpaired) electrons. The Morgan fingerprint density at radius 1 is 1.09 bits per heavy atom. The number of nitrogens with one attached hydrogen (secondary N) is 1. The Kier molecular flexibility index (Phi) is 13.6. The number of methoxy groups -OCH3 is 2. The molecule has 6 heteroatoms. The number of ether oxygens (including phenoxy) is 2. The van der Waals surface area contributed by atoms with Crippen molar-refractivity contribution in [1.82, 2.24) is 10.2 Å². The molecule has 1 aromatic carbocycles. The molecule has 2 rings (SSSR count). The van der Waals surface area contributed by atoms with Gasteiger partial charge < -0.3 is 0 Å². The second-order valence-corrected chi connectivity index (χ2v) is 23.4. The number of hydrogen-bond acceptors (Lipinski definition) is 4. The summed E-state index contributed by atoms with van der Waals surface area (Å²) in [6, 6.07) is 4.80. The first kappa shape index (κ1) is 30.0. The quantitative estimate of drug-likeness (QED) is 0.174. The van der Waals surface area contributed by atoms with Gasteiger partial charge in [0.25, 0.3) is 0 Å². The van der Waals surface area contributed by atoms with E-state index in [1.165, 1.54) is 61.8 Å².